The number of nitrogens with zero attached hydrogens (tertiary/aromatic N) is 1. The summed E-state index contributed by atoms with van der Waals surface area (Å²) < 4.78 is 1.26. The Morgan fingerprint density at radius 3 is 2.65 bits per heavy atom. The minimum absolute atomic E-state index is 0.336. The minimum atomic E-state index is 0.336. The molecule has 1 heterocycles. The Morgan fingerprint density at radius 2 is 1.85 bits per heavy atom. The molecule has 3 aromatic rings. The molecule has 0 radical (unpaired) electrons. The zero-order valence-electron chi connectivity index (χ0n) is 11.8. The van der Waals surface area contributed by atoms with Crippen molar-refractivity contribution < 1.29 is 0 Å². The molecule has 1 N–H and O–H groups in total. The molecule has 1 aromatic heterocycles. The number of hydrogen-bond acceptors (Lipinski definition) is 3. The van der Waals surface area contributed by atoms with Crippen LogP contribution in [-0.2, 0) is 6.54 Å². The number of aromatic nitrogens is 1. The Bertz CT molecular complexity index is 685. The number of aryl methyl sites for hydroxylation is 1. The Balaban J connectivity index is 1.71. The first-order valence-corrected chi connectivity index (χ1v) is 7.69. The van der Waals surface area contributed by atoms with E-state index in [1.807, 2.05) is 6.07 Å². The molecule has 0 fully saturated rings. The van der Waals surface area contributed by atoms with Crippen LogP contribution in [0.2, 0.25) is 0 Å². The van der Waals surface area contributed by atoms with Crippen molar-refractivity contribution in [1.82, 2.24) is 10.3 Å². The molecule has 0 spiro atoms. The standard InChI is InChI=1S/C17H18N2S/c1-12-7-3-4-8-14(12)13(2)18-11-17-19-15-9-5-6-10-16(15)20-17/h3-10,13,18H,11H2,1-2H3/t13-/m1/s1. The third-order valence-corrected chi connectivity index (χ3v) is 4.59. The van der Waals surface area contributed by atoms with Crippen LogP contribution in [0.4, 0.5) is 0 Å². The van der Waals surface area contributed by atoms with Gasteiger partial charge in [0.25, 0.3) is 0 Å². The van der Waals surface area contributed by atoms with Crippen LogP contribution in [0.5, 0.6) is 0 Å². The normalized spacial score (nSPS) is 12.7. The molecule has 3 heteroatoms. The van der Waals surface area contributed by atoms with E-state index < -0.39 is 0 Å². The number of thiazole rings is 1. The molecule has 0 aliphatic heterocycles. The summed E-state index contributed by atoms with van der Waals surface area (Å²) in [6.07, 6.45) is 0. The van der Waals surface area contributed by atoms with Crippen molar-refractivity contribution in [3.63, 3.8) is 0 Å². The summed E-state index contributed by atoms with van der Waals surface area (Å²) >= 11 is 1.77. The summed E-state index contributed by atoms with van der Waals surface area (Å²) in [7, 11) is 0. The predicted molar refractivity (Wildman–Crippen MR) is 86.1 cm³/mol. The second-order valence-electron chi connectivity index (χ2n) is 5.03. The van der Waals surface area contributed by atoms with Gasteiger partial charge in [-0.15, -0.1) is 11.3 Å². The first-order valence-electron chi connectivity index (χ1n) is 6.87. The average molecular weight is 282 g/mol. The molecule has 0 aliphatic rings. The summed E-state index contributed by atoms with van der Waals surface area (Å²) in [6, 6.07) is 17.2. The van der Waals surface area contributed by atoms with Gasteiger partial charge in [0.15, 0.2) is 0 Å². The molecule has 102 valence electrons. The van der Waals surface area contributed by atoms with Gasteiger partial charge in [0.2, 0.25) is 0 Å². The molecule has 2 aromatic carbocycles. The third kappa shape index (κ3) is 2.74. The van der Waals surface area contributed by atoms with Crippen LogP contribution in [0.3, 0.4) is 0 Å². The molecular weight excluding hydrogens is 264 g/mol. The van der Waals surface area contributed by atoms with Gasteiger partial charge in [-0.25, -0.2) is 4.98 Å². The molecule has 0 saturated carbocycles. The molecule has 1 atom stereocenters. The van der Waals surface area contributed by atoms with Gasteiger partial charge in [0.1, 0.15) is 5.01 Å². The van der Waals surface area contributed by atoms with Crippen LogP contribution in [0.25, 0.3) is 10.2 Å². The highest BCUT2D eigenvalue weighted by Gasteiger charge is 2.09. The SMILES string of the molecule is Cc1ccccc1[C@@H](C)NCc1nc2ccccc2s1. The fourth-order valence-electron chi connectivity index (χ4n) is 2.42. The van der Waals surface area contributed by atoms with Crippen LogP contribution in [0.1, 0.15) is 29.1 Å². The van der Waals surface area contributed by atoms with Crippen LogP contribution in [0, 0.1) is 6.92 Å². The predicted octanol–water partition coefficient (Wildman–Crippen LogP) is 4.46. The second kappa shape index (κ2) is 5.73. The lowest BCUT2D eigenvalue weighted by atomic mass is 10.0. The summed E-state index contributed by atoms with van der Waals surface area (Å²) in [5.74, 6) is 0. The number of fused-ring (bicyclic) bond motifs is 1. The smallest absolute Gasteiger partial charge is 0.108 e. The Morgan fingerprint density at radius 1 is 1.10 bits per heavy atom. The van der Waals surface area contributed by atoms with Crippen molar-refractivity contribution in [1.29, 1.82) is 0 Å². The van der Waals surface area contributed by atoms with E-state index in [2.05, 4.69) is 66.6 Å². The van der Waals surface area contributed by atoms with Crippen molar-refractivity contribution in [2.45, 2.75) is 26.4 Å². The van der Waals surface area contributed by atoms with Crippen molar-refractivity contribution in [3.05, 3.63) is 64.7 Å². The molecule has 0 bridgehead atoms. The van der Waals surface area contributed by atoms with Gasteiger partial charge in [-0.3, -0.25) is 0 Å². The summed E-state index contributed by atoms with van der Waals surface area (Å²) in [5, 5.41) is 4.71. The maximum Gasteiger partial charge on any atom is 0.108 e. The summed E-state index contributed by atoms with van der Waals surface area (Å²) in [4.78, 5) is 4.66. The zero-order chi connectivity index (χ0) is 13.9. The van der Waals surface area contributed by atoms with Gasteiger partial charge in [-0.2, -0.15) is 0 Å². The maximum atomic E-state index is 4.66. The molecule has 0 unspecified atom stereocenters. The van der Waals surface area contributed by atoms with Gasteiger partial charge >= 0.3 is 0 Å². The van der Waals surface area contributed by atoms with Gasteiger partial charge in [-0.1, -0.05) is 36.4 Å². The molecule has 20 heavy (non-hydrogen) atoms. The highest BCUT2D eigenvalue weighted by Crippen LogP contribution is 2.22. The van der Waals surface area contributed by atoms with E-state index in [4.69, 9.17) is 0 Å². The number of nitrogens with one attached hydrogen (secondary N) is 1. The van der Waals surface area contributed by atoms with Crippen molar-refractivity contribution >= 4 is 21.6 Å². The molecule has 0 aliphatic carbocycles. The van der Waals surface area contributed by atoms with Gasteiger partial charge in [0.05, 0.1) is 10.2 Å². The molecule has 3 rings (SSSR count). The fraction of sp³-hybridized carbons (Fsp3) is 0.235. The molecule has 0 amide bonds. The lowest BCUT2D eigenvalue weighted by molar-refractivity contribution is 0.571. The van der Waals surface area contributed by atoms with Gasteiger partial charge in [-0.05, 0) is 37.1 Å². The van der Waals surface area contributed by atoms with Crippen molar-refractivity contribution in [2.24, 2.45) is 0 Å². The maximum absolute atomic E-state index is 4.66. The summed E-state index contributed by atoms with van der Waals surface area (Å²) in [5.41, 5.74) is 3.78. The van der Waals surface area contributed by atoms with Crippen LogP contribution >= 0.6 is 11.3 Å². The molecule has 0 saturated heterocycles. The molecular formula is C17H18N2S. The average Bonchev–Trinajstić information content (AvgIpc) is 2.88. The highest BCUT2D eigenvalue weighted by atomic mass is 32.1. The van der Waals surface area contributed by atoms with Crippen LogP contribution in [0.15, 0.2) is 48.5 Å². The van der Waals surface area contributed by atoms with E-state index in [0.717, 1.165) is 17.1 Å². The van der Waals surface area contributed by atoms with E-state index in [-0.39, 0.29) is 0 Å². The van der Waals surface area contributed by atoms with Crippen LogP contribution < -0.4 is 5.32 Å². The Hall–Kier alpha value is -1.71. The van der Waals surface area contributed by atoms with Crippen molar-refractivity contribution in [2.75, 3.05) is 0 Å². The lowest BCUT2D eigenvalue weighted by Crippen LogP contribution is -2.18. The fourth-order valence-corrected chi connectivity index (χ4v) is 3.34. The van der Waals surface area contributed by atoms with E-state index in [1.54, 1.807) is 11.3 Å². The van der Waals surface area contributed by atoms with E-state index >= 15 is 0 Å². The zero-order valence-corrected chi connectivity index (χ0v) is 12.6. The number of benzene rings is 2. The van der Waals surface area contributed by atoms with Crippen LogP contribution in [-0.4, -0.2) is 4.98 Å². The number of hydrogen-bond donors (Lipinski definition) is 1. The third-order valence-electron chi connectivity index (χ3n) is 3.55. The topological polar surface area (TPSA) is 24.9 Å². The minimum Gasteiger partial charge on any atom is -0.304 e. The second-order valence-corrected chi connectivity index (χ2v) is 6.15. The highest BCUT2D eigenvalue weighted by molar-refractivity contribution is 7.18. The Labute approximate surface area is 123 Å². The van der Waals surface area contributed by atoms with E-state index in [0.29, 0.717) is 6.04 Å². The van der Waals surface area contributed by atoms with Gasteiger partial charge in [0, 0.05) is 12.6 Å². The first-order chi connectivity index (χ1) is 9.74. The van der Waals surface area contributed by atoms with Gasteiger partial charge < -0.3 is 5.32 Å². The lowest BCUT2D eigenvalue weighted by Gasteiger charge is -2.15. The molecule has 2 nitrogen and oxygen atoms in total. The van der Waals surface area contributed by atoms with E-state index in [9.17, 15) is 0 Å². The summed E-state index contributed by atoms with van der Waals surface area (Å²) in [6.45, 7) is 5.18. The number of para-hydroxylation sites is 1. The Kier molecular flexibility index (Phi) is 3.81. The first kappa shape index (κ1) is 13.3. The van der Waals surface area contributed by atoms with Crippen molar-refractivity contribution in [3.8, 4) is 0 Å². The quantitative estimate of drug-likeness (QED) is 0.764. The monoisotopic (exact) mass is 282 g/mol. The largest absolute Gasteiger partial charge is 0.304 e. The number of rotatable bonds is 4. The van der Waals surface area contributed by atoms with E-state index in [1.165, 1.54) is 15.8 Å².